The first-order chi connectivity index (χ1) is 8.12. The average molecular weight is 260 g/mol. The van der Waals surface area contributed by atoms with Crippen molar-refractivity contribution in [3.63, 3.8) is 0 Å². The third-order valence-corrected chi connectivity index (χ3v) is 5.86. The summed E-state index contributed by atoms with van der Waals surface area (Å²) < 4.78 is 23.1. The van der Waals surface area contributed by atoms with Gasteiger partial charge in [0.25, 0.3) is 0 Å². The van der Waals surface area contributed by atoms with E-state index in [-0.39, 0.29) is 6.04 Å². The molecular formula is C12H24N2O2S. The Hall–Kier alpha value is -0.130. The highest BCUT2D eigenvalue weighted by Gasteiger charge is 2.35. The average Bonchev–Trinajstić information content (AvgIpc) is 2.67. The Morgan fingerprint density at radius 1 is 1.06 bits per heavy atom. The van der Waals surface area contributed by atoms with Crippen LogP contribution in [0.5, 0.6) is 0 Å². The van der Waals surface area contributed by atoms with Crippen LogP contribution in [0.2, 0.25) is 0 Å². The van der Waals surface area contributed by atoms with Gasteiger partial charge in [0.2, 0.25) is 0 Å². The van der Waals surface area contributed by atoms with E-state index < -0.39 is 9.84 Å². The van der Waals surface area contributed by atoms with Gasteiger partial charge in [-0.05, 0) is 19.3 Å². The first kappa shape index (κ1) is 13.3. The second-order valence-electron chi connectivity index (χ2n) is 5.38. The molecule has 1 atom stereocenters. The van der Waals surface area contributed by atoms with Gasteiger partial charge < -0.3 is 5.73 Å². The second kappa shape index (κ2) is 5.67. The van der Waals surface area contributed by atoms with E-state index in [1.807, 2.05) is 0 Å². The smallest absolute Gasteiger partial charge is 0.151 e. The third-order valence-electron chi connectivity index (χ3n) is 4.11. The van der Waals surface area contributed by atoms with Gasteiger partial charge in [-0.1, -0.05) is 19.3 Å². The van der Waals surface area contributed by atoms with E-state index in [1.165, 1.54) is 32.1 Å². The number of hydrogen-bond donors (Lipinski definition) is 1. The molecule has 2 fully saturated rings. The Bertz CT molecular complexity index is 336. The van der Waals surface area contributed by atoms with Crippen LogP contribution >= 0.6 is 0 Å². The number of nitrogens with zero attached hydrogens (tertiary/aromatic N) is 1. The van der Waals surface area contributed by atoms with Crippen LogP contribution in [0, 0.1) is 0 Å². The van der Waals surface area contributed by atoms with Crippen LogP contribution in [-0.4, -0.2) is 50.0 Å². The molecule has 0 radical (unpaired) electrons. The standard InChI is InChI=1S/C12H24N2O2S/c13-7-8-14(11-4-2-1-3-5-11)12-6-9-17(15,16)10-12/h11-12H,1-10,13H2. The molecule has 1 aliphatic carbocycles. The maximum absolute atomic E-state index is 11.6. The molecule has 1 unspecified atom stereocenters. The summed E-state index contributed by atoms with van der Waals surface area (Å²) in [7, 11) is -2.78. The van der Waals surface area contributed by atoms with Crippen LogP contribution in [-0.2, 0) is 9.84 Å². The van der Waals surface area contributed by atoms with E-state index in [0.29, 0.717) is 24.1 Å². The lowest BCUT2D eigenvalue weighted by Crippen LogP contribution is -2.47. The van der Waals surface area contributed by atoms with E-state index in [0.717, 1.165) is 13.0 Å². The Labute approximate surface area is 104 Å². The van der Waals surface area contributed by atoms with Gasteiger partial charge in [0.1, 0.15) is 0 Å². The van der Waals surface area contributed by atoms with Gasteiger partial charge >= 0.3 is 0 Å². The van der Waals surface area contributed by atoms with Gasteiger partial charge in [-0.15, -0.1) is 0 Å². The molecule has 0 aromatic rings. The first-order valence-electron chi connectivity index (χ1n) is 6.78. The molecule has 2 aliphatic rings. The summed E-state index contributed by atoms with van der Waals surface area (Å²) in [5.74, 6) is 0.717. The largest absolute Gasteiger partial charge is 0.329 e. The van der Waals surface area contributed by atoms with Gasteiger partial charge in [-0.25, -0.2) is 8.42 Å². The lowest BCUT2D eigenvalue weighted by molar-refractivity contribution is 0.119. The van der Waals surface area contributed by atoms with Gasteiger partial charge in [0, 0.05) is 25.2 Å². The van der Waals surface area contributed by atoms with E-state index in [2.05, 4.69) is 4.90 Å². The van der Waals surface area contributed by atoms with E-state index in [4.69, 9.17) is 5.73 Å². The summed E-state index contributed by atoms with van der Waals surface area (Å²) in [6, 6.07) is 0.803. The Kier molecular flexibility index (Phi) is 4.44. The van der Waals surface area contributed by atoms with Crippen LogP contribution < -0.4 is 5.73 Å². The van der Waals surface area contributed by atoms with Crippen LogP contribution in [0.1, 0.15) is 38.5 Å². The summed E-state index contributed by atoms with van der Waals surface area (Å²) in [5.41, 5.74) is 5.68. The molecule has 4 nitrogen and oxygen atoms in total. The fraction of sp³-hybridized carbons (Fsp3) is 1.00. The minimum Gasteiger partial charge on any atom is -0.329 e. The van der Waals surface area contributed by atoms with E-state index >= 15 is 0 Å². The summed E-state index contributed by atoms with van der Waals surface area (Å²) in [6.07, 6.45) is 7.14. The minimum atomic E-state index is -2.78. The third kappa shape index (κ3) is 3.42. The van der Waals surface area contributed by atoms with Crippen molar-refractivity contribution in [1.82, 2.24) is 4.90 Å². The maximum atomic E-state index is 11.6. The van der Waals surface area contributed by atoms with Crippen molar-refractivity contribution in [1.29, 1.82) is 0 Å². The highest BCUT2D eigenvalue weighted by molar-refractivity contribution is 7.91. The Morgan fingerprint density at radius 2 is 1.76 bits per heavy atom. The molecule has 0 amide bonds. The van der Waals surface area contributed by atoms with Crippen LogP contribution in [0.25, 0.3) is 0 Å². The lowest BCUT2D eigenvalue weighted by Gasteiger charge is -2.37. The summed E-state index contributed by atoms with van der Waals surface area (Å²) in [6.45, 7) is 1.48. The van der Waals surface area contributed by atoms with Crippen LogP contribution in [0.4, 0.5) is 0 Å². The number of sulfone groups is 1. The molecule has 5 heteroatoms. The molecule has 1 saturated heterocycles. The first-order valence-corrected chi connectivity index (χ1v) is 8.61. The lowest BCUT2D eigenvalue weighted by atomic mass is 9.93. The molecule has 100 valence electrons. The van der Waals surface area contributed by atoms with Crippen molar-refractivity contribution in [3.8, 4) is 0 Å². The number of nitrogens with two attached hydrogens (primary N) is 1. The molecule has 2 rings (SSSR count). The monoisotopic (exact) mass is 260 g/mol. The predicted octanol–water partition coefficient (Wildman–Crippen LogP) is 0.767. The van der Waals surface area contributed by atoms with Crippen LogP contribution in [0.15, 0.2) is 0 Å². The molecular weight excluding hydrogens is 236 g/mol. The molecule has 1 saturated carbocycles. The Balaban J connectivity index is 2.01. The molecule has 17 heavy (non-hydrogen) atoms. The zero-order valence-electron chi connectivity index (χ0n) is 10.5. The van der Waals surface area contributed by atoms with Crippen molar-refractivity contribution < 1.29 is 8.42 Å². The molecule has 0 spiro atoms. The topological polar surface area (TPSA) is 63.4 Å². The predicted molar refractivity (Wildman–Crippen MR) is 69.7 cm³/mol. The van der Waals surface area contributed by atoms with E-state index in [9.17, 15) is 8.42 Å². The SMILES string of the molecule is NCCN(C1CCCCC1)C1CCS(=O)(=O)C1. The van der Waals surface area contributed by atoms with Crippen molar-refractivity contribution in [3.05, 3.63) is 0 Å². The molecule has 1 aliphatic heterocycles. The fourth-order valence-electron chi connectivity index (χ4n) is 3.26. The Morgan fingerprint density at radius 3 is 2.29 bits per heavy atom. The minimum absolute atomic E-state index is 0.228. The van der Waals surface area contributed by atoms with Crippen LogP contribution in [0.3, 0.4) is 0 Å². The maximum Gasteiger partial charge on any atom is 0.151 e. The number of rotatable bonds is 4. The van der Waals surface area contributed by atoms with Crippen molar-refractivity contribution in [2.24, 2.45) is 5.73 Å². The van der Waals surface area contributed by atoms with Crippen molar-refractivity contribution in [2.75, 3.05) is 24.6 Å². The van der Waals surface area contributed by atoms with Gasteiger partial charge in [0.05, 0.1) is 11.5 Å². The summed E-state index contributed by atoms with van der Waals surface area (Å²) >= 11 is 0. The van der Waals surface area contributed by atoms with Crippen molar-refractivity contribution >= 4 is 9.84 Å². The normalized spacial score (nSPS) is 29.9. The summed E-state index contributed by atoms with van der Waals surface area (Å²) in [4.78, 5) is 2.39. The zero-order chi connectivity index (χ0) is 12.3. The zero-order valence-corrected chi connectivity index (χ0v) is 11.3. The molecule has 2 N–H and O–H groups in total. The molecule has 1 heterocycles. The highest BCUT2D eigenvalue weighted by atomic mass is 32.2. The summed E-state index contributed by atoms with van der Waals surface area (Å²) in [5, 5.41) is 0. The number of hydrogen-bond acceptors (Lipinski definition) is 4. The van der Waals surface area contributed by atoms with E-state index in [1.54, 1.807) is 0 Å². The molecule has 0 bridgehead atoms. The van der Waals surface area contributed by atoms with Gasteiger partial charge in [0.15, 0.2) is 9.84 Å². The molecule has 0 aromatic heterocycles. The van der Waals surface area contributed by atoms with Gasteiger partial charge in [-0.2, -0.15) is 0 Å². The van der Waals surface area contributed by atoms with Gasteiger partial charge in [-0.3, -0.25) is 4.90 Å². The molecule has 0 aromatic carbocycles. The second-order valence-corrected chi connectivity index (χ2v) is 7.60. The quantitative estimate of drug-likeness (QED) is 0.811. The highest BCUT2D eigenvalue weighted by Crippen LogP contribution is 2.27. The fourth-order valence-corrected chi connectivity index (χ4v) is 5.00. The van der Waals surface area contributed by atoms with Crippen molar-refractivity contribution in [2.45, 2.75) is 50.6 Å².